The van der Waals surface area contributed by atoms with Gasteiger partial charge in [-0.1, -0.05) is 26.7 Å². The maximum Gasteiger partial charge on any atom is 0.0250 e. The lowest BCUT2D eigenvalue weighted by atomic mass is 9.91. The van der Waals surface area contributed by atoms with Crippen LogP contribution in [0.3, 0.4) is 0 Å². The fraction of sp³-hybridized carbons (Fsp3) is 1.00. The molecule has 0 aromatic rings. The number of rotatable bonds is 5. The molecule has 96 valence electrons. The Morgan fingerprint density at radius 1 is 1.25 bits per heavy atom. The minimum atomic E-state index is 0.582. The number of hydrogen-bond donors (Lipinski definition) is 1. The summed E-state index contributed by atoms with van der Waals surface area (Å²) in [5.41, 5.74) is 6.00. The lowest BCUT2D eigenvalue weighted by Gasteiger charge is -2.45. The maximum atomic E-state index is 6.00. The molecule has 2 atom stereocenters. The quantitative estimate of drug-likeness (QED) is 0.770. The molecule has 0 saturated carbocycles. The van der Waals surface area contributed by atoms with Crippen molar-refractivity contribution in [3.8, 4) is 0 Å². The molecule has 0 radical (unpaired) electrons. The SMILES string of the molecule is CCC(CC)C(CN)N1CCN(C)CC1C. The molecule has 0 aromatic heterocycles. The van der Waals surface area contributed by atoms with Crippen molar-refractivity contribution in [3.05, 3.63) is 0 Å². The maximum absolute atomic E-state index is 6.00. The van der Waals surface area contributed by atoms with Crippen LogP contribution in [0.2, 0.25) is 0 Å². The van der Waals surface area contributed by atoms with Crippen molar-refractivity contribution in [2.24, 2.45) is 11.7 Å². The van der Waals surface area contributed by atoms with Crippen LogP contribution in [0.25, 0.3) is 0 Å². The molecule has 16 heavy (non-hydrogen) atoms. The van der Waals surface area contributed by atoms with Gasteiger partial charge in [0.05, 0.1) is 0 Å². The van der Waals surface area contributed by atoms with Crippen molar-refractivity contribution < 1.29 is 0 Å². The Morgan fingerprint density at radius 3 is 2.31 bits per heavy atom. The molecule has 0 aliphatic carbocycles. The molecule has 2 N–H and O–H groups in total. The summed E-state index contributed by atoms with van der Waals surface area (Å²) in [6, 6.07) is 1.23. The molecule has 2 unspecified atom stereocenters. The van der Waals surface area contributed by atoms with Crippen LogP contribution in [0.4, 0.5) is 0 Å². The summed E-state index contributed by atoms with van der Waals surface area (Å²) < 4.78 is 0. The smallest absolute Gasteiger partial charge is 0.0250 e. The molecular weight excluding hydrogens is 198 g/mol. The zero-order chi connectivity index (χ0) is 12.1. The zero-order valence-corrected chi connectivity index (χ0v) is 11.4. The van der Waals surface area contributed by atoms with E-state index in [9.17, 15) is 0 Å². The molecule has 1 aliphatic rings. The summed E-state index contributed by atoms with van der Waals surface area (Å²) in [7, 11) is 2.21. The van der Waals surface area contributed by atoms with Crippen LogP contribution in [-0.2, 0) is 0 Å². The van der Waals surface area contributed by atoms with Crippen LogP contribution < -0.4 is 5.73 Å². The van der Waals surface area contributed by atoms with E-state index in [2.05, 4.69) is 37.6 Å². The van der Waals surface area contributed by atoms with Gasteiger partial charge in [0.15, 0.2) is 0 Å². The molecule has 0 bridgehead atoms. The third kappa shape index (κ3) is 3.19. The van der Waals surface area contributed by atoms with Crippen molar-refractivity contribution >= 4 is 0 Å². The molecule has 3 nitrogen and oxygen atoms in total. The number of hydrogen-bond acceptors (Lipinski definition) is 3. The van der Waals surface area contributed by atoms with Crippen LogP contribution >= 0.6 is 0 Å². The standard InChI is InChI=1S/C13H29N3/c1-5-12(6-2)13(9-14)16-8-7-15(4)10-11(16)3/h11-13H,5-10,14H2,1-4H3. The Hall–Kier alpha value is -0.120. The minimum Gasteiger partial charge on any atom is -0.329 e. The summed E-state index contributed by atoms with van der Waals surface area (Å²) in [4.78, 5) is 5.05. The van der Waals surface area contributed by atoms with Gasteiger partial charge in [0.25, 0.3) is 0 Å². The molecular formula is C13H29N3. The fourth-order valence-electron chi connectivity index (χ4n) is 3.08. The first-order valence-electron chi connectivity index (χ1n) is 6.78. The highest BCUT2D eigenvalue weighted by Gasteiger charge is 2.30. The van der Waals surface area contributed by atoms with E-state index in [0.29, 0.717) is 12.1 Å². The lowest BCUT2D eigenvalue weighted by Crippen LogP contribution is -2.58. The topological polar surface area (TPSA) is 32.5 Å². The van der Waals surface area contributed by atoms with Gasteiger partial charge < -0.3 is 10.6 Å². The molecule has 1 rings (SSSR count). The average molecular weight is 227 g/mol. The second-order valence-electron chi connectivity index (χ2n) is 5.23. The van der Waals surface area contributed by atoms with Gasteiger partial charge in [0.2, 0.25) is 0 Å². The Kier molecular flexibility index (Phi) is 5.73. The van der Waals surface area contributed by atoms with Crippen LogP contribution in [0.15, 0.2) is 0 Å². The van der Waals surface area contributed by atoms with E-state index < -0.39 is 0 Å². The molecule has 0 aromatic carbocycles. The summed E-state index contributed by atoms with van der Waals surface area (Å²) in [6.07, 6.45) is 2.49. The van der Waals surface area contributed by atoms with Crippen LogP contribution in [-0.4, -0.2) is 55.1 Å². The molecule has 1 aliphatic heterocycles. The summed E-state index contributed by atoms with van der Waals surface area (Å²) >= 11 is 0. The van der Waals surface area contributed by atoms with Crippen LogP contribution in [0.1, 0.15) is 33.6 Å². The van der Waals surface area contributed by atoms with E-state index in [4.69, 9.17) is 5.73 Å². The Balaban J connectivity index is 2.64. The number of piperazine rings is 1. The van der Waals surface area contributed by atoms with Gasteiger partial charge in [-0.3, -0.25) is 4.90 Å². The highest BCUT2D eigenvalue weighted by Crippen LogP contribution is 2.22. The van der Waals surface area contributed by atoms with E-state index in [-0.39, 0.29) is 0 Å². The van der Waals surface area contributed by atoms with Gasteiger partial charge in [-0.2, -0.15) is 0 Å². The molecule has 1 saturated heterocycles. The highest BCUT2D eigenvalue weighted by molar-refractivity contribution is 4.87. The van der Waals surface area contributed by atoms with Gasteiger partial charge in [-0.05, 0) is 19.9 Å². The number of likely N-dealkylation sites (N-methyl/N-ethyl adjacent to an activating group) is 1. The zero-order valence-electron chi connectivity index (χ0n) is 11.4. The van der Waals surface area contributed by atoms with E-state index >= 15 is 0 Å². The number of nitrogens with zero attached hydrogens (tertiary/aromatic N) is 2. The summed E-state index contributed by atoms with van der Waals surface area (Å²) in [6.45, 7) is 11.3. The van der Waals surface area contributed by atoms with Crippen molar-refractivity contribution in [3.63, 3.8) is 0 Å². The second kappa shape index (κ2) is 6.58. The Morgan fingerprint density at radius 2 is 1.88 bits per heavy atom. The van der Waals surface area contributed by atoms with Gasteiger partial charge in [0.1, 0.15) is 0 Å². The third-order valence-electron chi connectivity index (χ3n) is 4.14. The van der Waals surface area contributed by atoms with Gasteiger partial charge in [0, 0.05) is 38.3 Å². The molecule has 0 spiro atoms. The van der Waals surface area contributed by atoms with E-state index in [0.717, 1.165) is 12.5 Å². The average Bonchev–Trinajstić information content (AvgIpc) is 2.27. The predicted molar refractivity (Wildman–Crippen MR) is 70.6 cm³/mol. The number of nitrogens with two attached hydrogens (primary N) is 1. The predicted octanol–water partition coefficient (Wildman–Crippen LogP) is 1.39. The van der Waals surface area contributed by atoms with Crippen molar-refractivity contribution in [2.75, 3.05) is 33.2 Å². The van der Waals surface area contributed by atoms with Crippen LogP contribution in [0.5, 0.6) is 0 Å². The van der Waals surface area contributed by atoms with Crippen LogP contribution in [0, 0.1) is 5.92 Å². The van der Waals surface area contributed by atoms with E-state index in [1.807, 2.05) is 0 Å². The van der Waals surface area contributed by atoms with E-state index in [1.54, 1.807) is 0 Å². The largest absolute Gasteiger partial charge is 0.329 e. The van der Waals surface area contributed by atoms with E-state index in [1.165, 1.54) is 32.5 Å². The second-order valence-corrected chi connectivity index (χ2v) is 5.23. The summed E-state index contributed by atoms with van der Waals surface area (Å²) in [5.74, 6) is 0.760. The normalized spacial score (nSPS) is 26.2. The first kappa shape index (κ1) is 13.9. The van der Waals surface area contributed by atoms with Gasteiger partial charge in [-0.15, -0.1) is 0 Å². The highest BCUT2D eigenvalue weighted by atomic mass is 15.3. The summed E-state index contributed by atoms with van der Waals surface area (Å²) in [5, 5.41) is 0. The molecule has 3 heteroatoms. The fourth-order valence-corrected chi connectivity index (χ4v) is 3.08. The lowest BCUT2D eigenvalue weighted by molar-refractivity contribution is 0.0375. The minimum absolute atomic E-state index is 0.582. The molecule has 1 heterocycles. The third-order valence-corrected chi connectivity index (χ3v) is 4.14. The Bertz CT molecular complexity index is 192. The molecule has 1 fully saturated rings. The van der Waals surface area contributed by atoms with Crippen molar-refractivity contribution in [2.45, 2.75) is 45.7 Å². The van der Waals surface area contributed by atoms with Gasteiger partial charge in [-0.25, -0.2) is 0 Å². The van der Waals surface area contributed by atoms with Crippen molar-refractivity contribution in [1.82, 2.24) is 9.80 Å². The first-order valence-corrected chi connectivity index (χ1v) is 6.78. The molecule has 0 amide bonds. The van der Waals surface area contributed by atoms with Gasteiger partial charge >= 0.3 is 0 Å². The Labute approximate surface area is 101 Å². The monoisotopic (exact) mass is 227 g/mol. The van der Waals surface area contributed by atoms with Crippen molar-refractivity contribution in [1.29, 1.82) is 0 Å². The first-order chi connectivity index (χ1) is 7.63.